The molecule has 3 N–H and O–H groups in total. The second-order valence-electron chi connectivity index (χ2n) is 7.55. The van der Waals surface area contributed by atoms with Gasteiger partial charge in [-0.1, -0.05) is 50.6 Å². The third-order valence-electron chi connectivity index (χ3n) is 4.70. The van der Waals surface area contributed by atoms with Crippen LogP contribution in [0.15, 0.2) is 41.8 Å². The molecule has 0 amide bonds. The van der Waals surface area contributed by atoms with E-state index >= 15 is 0 Å². The number of para-hydroxylation sites is 1. The van der Waals surface area contributed by atoms with Crippen molar-refractivity contribution >= 4 is 22.5 Å². The molecule has 1 aliphatic rings. The van der Waals surface area contributed by atoms with Crippen molar-refractivity contribution in [3.63, 3.8) is 0 Å². The minimum Gasteiger partial charge on any atom is -0.420 e. The van der Waals surface area contributed by atoms with Crippen LogP contribution < -0.4 is 10.5 Å². The second-order valence-corrected chi connectivity index (χ2v) is 7.91. The standard InChI is InChI=1S/C20H18ClN5O/c1-20(2,3)16-15-14(12(9-22)18(23)27-19(15)26-25-16)11-8-10-6-4-5-7-13(10)24-17(11)21/h4-8,14H,23H2,1-3H3,(H,25,26). The number of ether oxygens (including phenoxy) is 1. The molecule has 27 heavy (non-hydrogen) atoms. The van der Waals surface area contributed by atoms with E-state index in [-0.39, 0.29) is 11.3 Å². The number of fused-ring (bicyclic) bond motifs is 2. The first-order valence-corrected chi connectivity index (χ1v) is 8.90. The highest BCUT2D eigenvalue weighted by Crippen LogP contribution is 2.47. The Kier molecular flexibility index (Phi) is 3.86. The topological polar surface area (TPSA) is 101 Å². The van der Waals surface area contributed by atoms with Gasteiger partial charge in [0.1, 0.15) is 16.8 Å². The fraction of sp³-hybridized carbons (Fsp3) is 0.250. The van der Waals surface area contributed by atoms with Gasteiger partial charge in [-0.2, -0.15) is 5.26 Å². The molecule has 0 saturated carbocycles. The molecule has 6 nitrogen and oxygen atoms in total. The van der Waals surface area contributed by atoms with Crippen LogP contribution >= 0.6 is 11.6 Å². The number of hydrogen-bond donors (Lipinski definition) is 2. The SMILES string of the molecule is CC(C)(C)c1[nH]nc2c1C(c1cc3ccccc3nc1Cl)C(C#N)=C(N)O2. The van der Waals surface area contributed by atoms with Crippen LogP contribution in [-0.2, 0) is 5.41 Å². The zero-order valence-corrected chi connectivity index (χ0v) is 15.9. The number of H-pyrrole nitrogens is 1. The Labute approximate surface area is 161 Å². The lowest BCUT2D eigenvalue weighted by atomic mass is 9.79. The number of nitrogens with two attached hydrogens (primary N) is 1. The summed E-state index contributed by atoms with van der Waals surface area (Å²) in [5.74, 6) is -0.104. The number of pyridine rings is 1. The molecular weight excluding hydrogens is 362 g/mol. The van der Waals surface area contributed by atoms with Gasteiger partial charge >= 0.3 is 0 Å². The monoisotopic (exact) mass is 379 g/mol. The van der Waals surface area contributed by atoms with Crippen molar-refractivity contribution in [1.82, 2.24) is 15.2 Å². The lowest BCUT2D eigenvalue weighted by Gasteiger charge is -2.27. The van der Waals surface area contributed by atoms with Crippen molar-refractivity contribution < 1.29 is 4.74 Å². The van der Waals surface area contributed by atoms with Gasteiger partial charge in [0, 0.05) is 22.1 Å². The Morgan fingerprint density at radius 1 is 1.30 bits per heavy atom. The molecule has 1 atom stereocenters. The predicted molar refractivity (Wildman–Crippen MR) is 103 cm³/mol. The van der Waals surface area contributed by atoms with Crippen molar-refractivity contribution in [3.8, 4) is 11.9 Å². The van der Waals surface area contributed by atoms with Gasteiger partial charge in [-0.15, -0.1) is 5.10 Å². The fourth-order valence-electron chi connectivity index (χ4n) is 3.44. The third kappa shape index (κ3) is 2.71. The normalized spacial score (nSPS) is 16.8. The van der Waals surface area contributed by atoms with E-state index in [9.17, 15) is 5.26 Å². The number of allylic oxidation sites excluding steroid dienone is 1. The molecule has 2 aromatic heterocycles. The highest BCUT2D eigenvalue weighted by molar-refractivity contribution is 6.30. The third-order valence-corrected chi connectivity index (χ3v) is 5.01. The van der Waals surface area contributed by atoms with E-state index in [2.05, 4.69) is 42.0 Å². The zero-order valence-electron chi connectivity index (χ0n) is 15.2. The molecular formula is C20H18ClN5O. The molecule has 0 aliphatic carbocycles. The molecule has 4 rings (SSSR count). The summed E-state index contributed by atoms with van der Waals surface area (Å²) in [6, 6.07) is 11.8. The lowest BCUT2D eigenvalue weighted by Crippen LogP contribution is -2.24. The molecule has 0 saturated heterocycles. The summed E-state index contributed by atoms with van der Waals surface area (Å²) in [7, 11) is 0. The molecule has 3 heterocycles. The van der Waals surface area contributed by atoms with Crippen LogP contribution in [0.4, 0.5) is 0 Å². The van der Waals surface area contributed by atoms with Crippen molar-refractivity contribution in [1.29, 1.82) is 5.26 Å². The number of halogens is 1. The minimum atomic E-state index is -0.503. The smallest absolute Gasteiger partial charge is 0.244 e. The average molecular weight is 380 g/mol. The van der Waals surface area contributed by atoms with Crippen LogP contribution in [0.2, 0.25) is 5.15 Å². The molecule has 1 aromatic carbocycles. The van der Waals surface area contributed by atoms with E-state index in [1.54, 1.807) is 0 Å². The van der Waals surface area contributed by atoms with Crippen LogP contribution in [0.3, 0.4) is 0 Å². The number of aromatic amines is 1. The zero-order chi connectivity index (χ0) is 19.3. The van der Waals surface area contributed by atoms with E-state index in [1.807, 2.05) is 30.3 Å². The van der Waals surface area contributed by atoms with Crippen LogP contribution in [0, 0.1) is 11.3 Å². The molecule has 0 bridgehead atoms. The molecule has 0 radical (unpaired) electrons. The van der Waals surface area contributed by atoms with Gasteiger partial charge in [-0.25, -0.2) is 4.98 Å². The minimum absolute atomic E-state index is 0.0335. The molecule has 136 valence electrons. The maximum atomic E-state index is 9.79. The van der Waals surface area contributed by atoms with E-state index in [0.29, 0.717) is 22.2 Å². The summed E-state index contributed by atoms with van der Waals surface area (Å²) in [4.78, 5) is 4.51. The quantitative estimate of drug-likeness (QED) is 0.619. The first kappa shape index (κ1) is 17.4. The predicted octanol–water partition coefficient (Wildman–Crippen LogP) is 4.13. The second kappa shape index (κ2) is 6.00. The highest BCUT2D eigenvalue weighted by Gasteiger charge is 2.39. The van der Waals surface area contributed by atoms with Gasteiger partial charge in [-0.3, -0.25) is 5.10 Å². The maximum absolute atomic E-state index is 9.79. The maximum Gasteiger partial charge on any atom is 0.244 e. The van der Waals surface area contributed by atoms with Gasteiger partial charge in [0.25, 0.3) is 0 Å². The molecule has 0 spiro atoms. The lowest BCUT2D eigenvalue weighted by molar-refractivity contribution is 0.378. The number of hydrogen-bond acceptors (Lipinski definition) is 5. The van der Waals surface area contributed by atoms with E-state index in [0.717, 1.165) is 22.2 Å². The first-order chi connectivity index (χ1) is 12.8. The fourth-order valence-corrected chi connectivity index (χ4v) is 3.69. The Balaban J connectivity index is 2.03. The number of benzene rings is 1. The Morgan fingerprint density at radius 3 is 2.74 bits per heavy atom. The first-order valence-electron chi connectivity index (χ1n) is 8.52. The van der Waals surface area contributed by atoms with Gasteiger partial charge in [0.2, 0.25) is 11.8 Å². The van der Waals surface area contributed by atoms with Crippen LogP contribution in [0.25, 0.3) is 10.9 Å². The molecule has 1 aliphatic heterocycles. The number of aromatic nitrogens is 3. The average Bonchev–Trinajstić information content (AvgIpc) is 3.03. The summed E-state index contributed by atoms with van der Waals surface area (Å²) < 4.78 is 5.62. The number of nitrogens with zero attached hydrogens (tertiary/aromatic N) is 3. The van der Waals surface area contributed by atoms with Crippen molar-refractivity contribution in [2.24, 2.45) is 5.73 Å². The van der Waals surface area contributed by atoms with Gasteiger partial charge < -0.3 is 10.5 Å². The Bertz CT molecular complexity index is 1130. The van der Waals surface area contributed by atoms with Crippen LogP contribution in [0.1, 0.15) is 43.5 Å². The Morgan fingerprint density at radius 2 is 2.04 bits per heavy atom. The summed E-state index contributed by atoms with van der Waals surface area (Å²) in [5, 5.41) is 18.4. The molecule has 3 aromatic rings. The Hall–Kier alpha value is -3.04. The van der Waals surface area contributed by atoms with Crippen LogP contribution in [0.5, 0.6) is 5.88 Å². The van der Waals surface area contributed by atoms with Crippen molar-refractivity contribution in [2.75, 3.05) is 0 Å². The summed E-state index contributed by atoms with van der Waals surface area (Å²) >= 11 is 6.55. The largest absolute Gasteiger partial charge is 0.420 e. The summed E-state index contributed by atoms with van der Waals surface area (Å²) in [5.41, 5.74) is 9.21. The molecule has 7 heteroatoms. The van der Waals surface area contributed by atoms with Gasteiger partial charge in [0.15, 0.2) is 0 Å². The van der Waals surface area contributed by atoms with Gasteiger partial charge in [0.05, 0.1) is 17.0 Å². The summed E-state index contributed by atoms with van der Waals surface area (Å²) in [6.45, 7) is 6.18. The van der Waals surface area contributed by atoms with Crippen molar-refractivity contribution in [2.45, 2.75) is 32.1 Å². The molecule has 1 unspecified atom stereocenters. The van der Waals surface area contributed by atoms with E-state index < -0.39 is 5.92 Å². The highest BCUT2D eigenvalue weighted by atomic mass is 35.5. The number of rotatable bonds is 1. The number of nitriles is 1. The van der Waals surface area contributed by atoms with E-state index in [4.69, 9.17) is 22.1 Å². The van der Waals surface area contributed by atoms with Crippen molar-refractivity contribution in [3.05, 3.63) is 63.8 Å². The van der Waals surface area contributed by atoms with Crippen LogP contribution in [-0.4, -0.2) is 15.2 Å². The molecule has 0 fully saturated rings. The van der Waals surface area contributed by atoms with Gasteiger partial charge in [-0.05, 0) is 12.1 Å². The summed E-state index contributed by atoms with van der Waals surface area (Å²) in [6.07, 6.45) is 0. The number of nitrogens with one attached hydrogen (secondary N) is 1. The van der Waals surface area contributed by atoms with E-state index in [1.165, 1.54) is 0 Å².